The van der Waals surface area contributed by atoms with Crippen LogP contribution in [0.3, 0.4) is 0 Å². The zero-order chi connectivity index (χ0) is 11.5. The van der Waals surface area contributed by atoms with Gasteiger partial charge in [-0.2, -0.15) is 0 Å². The molecule has 3 heteroatoms. The van der Waals surface area contributed by atoms with Gasteiger partial charge in [0.15, 0.2) is 5.78 Å². The van der Waals surface area contributed by atoms with Crippen LogP contribution in [0.4, 0.5) is 4.39 Å². The Morgan fingerprint density at radius 3 is 2.62 bits per heavy atom. The van der Waals surface area contributed by atoms with E-state index in [1.165, 1.54) is 0 Å². The minimum absolute atomic E-state index is 0.0801. The van der Waals surface area contributed by atoms with Crippen molar-refractivity contribution in [3.05, 3.63) is 35.4 Å². The fourth-order valence-electron chi connectivity index (χ4n) is 2.03. The van der Waals surface area contributed by atoms with Crippen LogP contribution in [0.15, 0.2) is 24.3 Å². The number of Topliss-reactive ketones (excluding diaryl/α,β-unsaturated/α-hetero) is 1. The van der Waals surface area contributed by atoms with Gasteiger partial charge in [0.1, 0.15) is 6.17 Å². The Morgan fingerprint density at radius 2 is 2.12 bits per heavy atom. The second-order valence-electron chi connectivity index (χ2n) is 4.37. The minimum Gasteiger partial charge on any atom is -0.296 e. The van der Waals surface area contributed by atoms with E-state index in [2.05, 4.69) is 4.90 Å². The Bertz CT molecular complexity index is 374. The SMILES string of the molecule is CC(=O)c1ccc(CN2CCC(F)C2)cc1. The number of hydrogen-bond acceptors (Lipinski definition) is 2. The Labute approximate surface area is 95.1 Å². The first-order valence-electron chi connectivity index (χ1n) is 5.61. The number of carbonyl (C=O) groups is 1. The molecule has 0 radical (unpaired) electrons. The molecule has 1 aromatic rings. The lowest BCUT2D eigenvalue weighted by molar-refractivity contribution is 0.101. The van der Waals surface area contributed by atoms with E-state index in [-0.39, 0.29) is 5.78 Å². The van der Waals surface area contributed by atoms with E-state index < -0.39 is 6.17 Å². The molecule has 2 rings (SSSR count). The van der Waals surface area contributed by atoms with Gasteiger partial charge in [-0.25, -0.2) is 4.39 Å². The summed E-state index contributed by atoms with van der Waals surface area (Å²) >= 11 is 0. The highest BCUT2D eigenvalue weighted by Gasteiger charge is 2.21. The summed E-state index contributed by atoms with van der Waals surface area (Å²) in [6.45, 7) is 3.70. The van der Waals surface area contributed by atoms with E-state index in [0.717, 1.165) is 24.2 Å². The monoisotopic (exact) mass is 221 g/mol. The molecule has 1 heterocycles. The highest BCUT2D eigenvalue weighted by Crippen LogP contribution is 2.16. The largest absolute Gasteiger partial charge is 0.296 e. The van der Waals surface area contributed by atoms with Crippen molar-refractivity contribution in [3.63, 3.8) is 0 Å². The Hall–Kier alpha value is -1.22. The maximum absolute atomic E-state index is 13.0. The molecule has 86 valence electrons. The number of alkyl halides is 1. The van der Waals surface area contributed by atoms with E-state index in [0.29, 0.717) is 13.0 Å². The maximum atomic E-state index is 13.0. The average molecular weight is 221 g/mol. The van der Waals surface area contributed by atoms with Gasteiger partial charge in [0.25, 0.3) is 0 Å². The average Bonchev–Trinajstić information content (AvgIpc) is 2.65. The molecule has 0 spiro atoms. The van der Waals surface area contributed by atoms with Crippen molar-refractivity contribution in [3.8, 4) is 0 Å². The lowest BCUT2D eigenvalue weighted by Gasteiger charge is -2.14. The molecule has 16 heavy (non-hydrogen) atoms. The summed E-state index contributed by atoms with van der Waals surface area (Å²) in [5.41, 5.74) is 1.87. The third-order valence-electron chi connectivity index (χ3n) is 2.98. The van der Waals surface area contributed by atoms with Gasteiger partial charge in [-0.1, -0.05) is 24.3 Å². The predicted octanol–water partition coefficient (Wildman–Crippen LogP) is 2.43. The maximum Gasteiger partial charge on any atom is 0.159 e. The number of ketones is 1. The number of halogens is 1. The quantitative estimate of drug-likeness (QED) is 0.731. The molecule has 1 aromatic carbocycles. The van der Waals surface area contributed by atoms with Gasteiger partial charge in [0.2, 0.25) is 0 Å². The van der Waals surface area contributed by atoms with Gasteiger partial charge in [-0.05, 0) is 18.9 Å². The third kappa shape index (κ3) is 2.67. The topological polar surface area (TPSA) is 20.3 Å². The normalized spacial score (nSPS) is 21.2. The van der Waals surface area contributed by atoms with Crippen LogP contribution in [0.25, 0.3) is 0 Å². The van der Waals surface area contributed by atoms with Gasteiger partial charge in [0, 0.05) is 25.2 Å². The number of rotatable bonds is 3. The molecule has 0 N–H and O–H groups in total. The third-order valence-corrected chi connectivity index (χ3v) is 2.98. The molecule has 0 saturated carbocycles. The Morgan fingerprint density at radius 1 is 1.44 bits per heavy atom. The summed E-state index contributed by atoms with van der Waals surface area (Å²) in [6, 6.07) is 7.56. The molecule has 1 aliphatic heterocycles. The molecule has 0 aromatic heterocycles. The number of hydrogen-bond donors (Lipinski definition) is 0. The number of likely N-dealkylation sites (tertiary alicyclic amines) is 1. The summed E-state index contributed by atoms with van der Waals surface area (Å²) in [4.78, 5) is 13.2. The number of nitrogens with zero attached hydrogens (tertiary/aromatic N) is 1. The zero-order valence-electron chi connectivity index (χ0n) is 9.45. The summed E-state index contributed by atoms with van der Waals surface area (Å²) in [5, 5.41) is 0. The highest BCUT2D eigenvalue weighted by atomic mass is 19.1. The van der Waals surface area contributed by atoms with E-state index in [9.17, 15) is 9.18 Å². The number of benzene rings is 1. The van der Waals surface area contributed by atoms with Crippen molar-refractivity contribution in [1.82, 2.24) is 4.90 Å². The molecule has 0 bridgehead atoms. The van der Waals surface area contributed by atoms with E-state index >= 15 is 0 Å². The number of carbonyl (C=O) groups excluding carboxylic acids is 1. The molecular weight excluding hydrogens is 205 g/mol. The summed E-state index contributed by atoms with van der Waals surface area (Å²) in [5.74, 6) is 0.0801. The first kappa shape index (κ1) is 11.3. The van der Waals surface area contributed by atoms with Crippen LogP contribution in [0.5, 0.6) is 0 Å². The highest BCUT2D eigenvalue weighted by molar-refractivity contribution is 5.93. The minimum atomic E-state index is -0.670. The molecule has 0 amide bonds. The summed E-state index contributed by atoms with van der Waals surface area (Å²) in [7, 11) is 0. The van der Waals surface area contributed by atoms with Crippen LogP contribution in [-0.2, 0) is 6.54 Å². The van der Waals surface area contributed by atoms with Crippen molar-refractivity contribution in [2.75, 3.05) is 13.1 Å². The fraction of sp³-hybridized carbons (Fsp3) is 0.462. The van der Waals surface area contributed by atoms with Crippen LogP contribution in [0.1, 0.15) is 29.3 Å². The Kier molecular flexibility index (Phi) is 3.34. The van der Waals surface area contributed by atoms with Gasteiger partial charge in [0.05, 0.1) is 0 Å². The van der Waals surface area contributed by atoms with Gasteiger partial charge < -0.3 is 0 Å². The van der Waals surface area contributed by atoms with Gasteiger partial charge >= 0.3 is 0 Å². The predicted molar refractivity (Wildman–Crippen MR) is 61.2 cm³/mol. The standard InChI is InChI=1S/C13H16FNO/c1-10(16)12-4-2-11(3-5-12)8-15-7-6-13(14)9-15/h2-5,13H,6-9H2,1H3. The van der Waals surface area contributed by atoms with Crippen molar-refractivity contribution >= 4 is 5.78 Å². The zero-order valence-corrected chi connectivity index (χ0v) is 9.45. The second kappa shape index (κ2) is 4.74. The lowest BCUT2D eigenvalue weighted by atomic mass is 10.1. The van der Waals surface area contributed by atoms with Crippen LogP contribution in [0, 0.1) is 0 Å². The fourth-order valence-corrected chi connectivity index (χ4v) is 2.03. The molecule has 1 aliphatic rings. The second-order valence-corrected chi connectivity index (χ2v) is 4.37. The van der Waals surface area contributed by atoms with Crippen LogP contribution in [0.2, 0.25) is 0 Å². The summed E-state index contributed by atoms with van der Waals surface area (Å²) < 4.78 is 13.0. The van der Waals surface area contributed by atoms with Crippen molar-refractivity contribution < 1.29 is 9.18 Å². The van der Waals surface area contributed by atoms with Crippen LogP contribution < -0.4 is 0 Å². The molecule has 2 nitrogen and oxygen atoms in total. The van der Waals surface area contributed by atoms with E-state index in [4.69, 9.17) is 0 Å². The molecule has 1 unspecified atom stereocenters. The Balaban J connectivity index is 1.97. The molecule has 1 saturated heterocycles. The smallest absolute Gasteiger partial charge is 0.159 e. The first-order valence-corrected chi connectivity index (χ1v) is 5.61. The van der Waals surface area contributed by atoms with E-state index in [1.807, 2.05) is 24.3 Å². The molecule has 1 atom stereocenters. The van der Waals surface area contributed by atoms with Crippen molar-refractivity contribution in [1.29, 1.82) is 0 Å². The molecular formula is C13H16FNO. The first-order chi connectivity index (χ1) is 7.65. The molecule has 1 fully saturated rings. The van der Waals surface area contributed by atoms with Gasteiger partial charge in [-0.3, -0.25) is 9.69 Å². The lowest BCUT2D eigenvalue weighted by Crippen LogP contribution is -2.20. The van der Waals surface area contributed by atoms with Crippen LogP contribution >= 0.6 is 0 Å². The summed E-state index contributed by atoms with van der Waals surface area (Å²) in [6.07, 6.45) is -0.0255. The molecule has 0 aliphatic carbocycles. The van der Waals surface area contributed by atoms with Crippen molar-refractivity contribution in [2.24, 2.45) is 0 Å². The van der Waals surface area contributed by atoms with Crippen LogP contribution in [-0.4, -0.2) is 29.9 Å². The van der Waals surface area contributed by atoms with E-state index in [1.54, 1.807) is 6.92 Å². The van der Waals surface area contributed by atoms with Gasteiger partial charge in [-0.15, -0.1) is 0 Å². The van der Waals surface area contributed by atoms with Crippen molar-refractivity contribution in [2.45, 2.75) is 26.1 Å².